The number of alkyl halides is 3. The van der Waals surface area contributed by atoms with E-state index in [0.29, 0.717) is 0 Å². The lowest BCUT2D eigenvalue weighted by Crippen LogP contribution is -2.40. The minimum Gasteiger partial charge on any atom is -0.369 e. The molecule has 17 heavy (non-hydrogen) atoms. The highest BCUT2D eigenvalue weighted by molar-refractivity contribution is 5.96. The second-order valence-corrected chi connectivity index (χ2v) is 3.87. The van der Waals surface area contributed by atoms with Gasteiger partial charge in [-0.3, -0.25) is 9.59 Å². The van der Waals surface area contributed by atoms with E-state index in [1.165, 1.54) is 6.08 Å². The van der Waals surface area contributed by atoms with Gasteiger partial charge in [-0.1, -0.05) is 18.2 Å². The summed E-state index contributed by atoms with van der Waals surface area (Å²) >= 11 is 0. The number of amides is 2. The first-order valence-corrected chi connectivity index (χ1v) is 4.72. The van der Waals surface area contributed by atoms with Crippen molar-refractivity contribution in [2.24, 2.45) is 16.9 Å². The van der Waals surface area contributed by atoms with Crippen LogP contribution in [0.4, 0.5) is 13.2 Å². The lowest BCUT2D eigenvalue weighted by atomic mass is 9.76. The van der Waals surface area contributed by atoms with Crippen molar-refractivity contribution in [1.29, 1.82) is 0 Å². The van der Waals surface area contributed by atoms with Gasteiger partial charge in [-0.05, 0) is 6.42 Å². The maximum absolute atomic E-state index is 12.3. The van der Waals surface area contributed by atoms with Gasteiger partial charge in [0, 0.05) is 5.57 Å². The van der Waals surface area contributed by atoms with Crippen LogP contribution in [0, 0.1) is 5.41 Å². The van der Waals surface area contributed by atoms with E-state index in [9.17, 15) is 22.8 Å². The Bertz CT molecular complexity index is 412. The predicted octanol–water partition coefficient (Wildman–Crippen LogP) is 0.782. The lowest BCUT2D eigenvalue weighted by Gasteiger charge is -2.29. The lowest BCUT2D eigenvalue weighted by molar-refractivity contribution is -0.161. The Hall–Kier alpha value is -1.79. The summed E-state index contributed by atoms with van der Waals surface area (Å²) in [7, 11) is 0. The zero-order valence-corrected chi connectivity index (χ0v) is 8.75. The van der Waals surface area contributed by atoms with E-state index in [0.717, 1.165) is 12.2 Å². The molecule has 0 aromatic rings. The number of rotatable bonds is 3. The van der Waals surface area contributed by atoms with Gasteiger partial charge in [0.2, 0.25) is 11.8 Å². The Kier molecular flexibility index (Phi) is 3.30. The first-order valence-electron chi connectivity index (χ1n) is 4.72. The Morgan fingerprint density at radius 1 is 1.35 bits per heavy atom. The zero-order valence-electron chi connectivity index (χ0n) is 8.75. The quantitative estimate of drug-likeness (QED) is 0.773. The molecule has 0 aromatic carbocycles. The second-order valence-electron chi connectivity index (χ2n) is 3.87. The van der Waals surface area contributed by atoms with Gasteiger partial charge < -0.3 is 11.5 Å². The maximum atomic E-state index is 12.3. The Labute approximate surface area is 95.1 Å². The van der Waals surface area contributed by atoms with Crippen molar-refractivity contribution in [3.8, 4) is 0 Å². The van der Waals surface area contributed by atoms with E-state index in [1.807, 2.05) is 0 Å². The number of halogens is 3. The van der Waals surface area contributed by atoms with E-state index in [2.05, 4.69) is 0 Å². The van der Waals surface area contributed by atoms with E-state index in [1.54, 1.807) is 0 Å². The van der Waals surface area contributed by atoms with Crippen LogP contribution >= 0.6 is 0 Å². The molecule has 1 unspecified atom stereocenters. The predicted molar refractivity (Wildman–Crippen MR) is 53.3 cm³/mol. The largest absolute Gasteiger partial charge is 0.390 e. The van der Waals surface area contributed by atoms with E-state index in [-0.39, 0.29) is 12.0 Å². The standard InChI is InChI=1S/C10H11F3N2O2/c11-10(12,13)5-9(8(15)17)3-1-6(2-4-9)7(14)16/h1-3H,4-5H2,(H2,14,16)(H2,15,17). The highest BCUT2D eigenvalue weighted by Crippen LogP contribution is 2.40. The van der Waals surface area contributed by atoms with Crippen LogP contribution in [-0.4, -0.2) is 18.0 Å². The highest BCUT2D eigenvalue weighted by Gasteiger charge is 2.45. The monoisotopic (exact) mass is 248 g/mol. The number of carbonyl (C=O) groups is 2. The van der Waals surface area contributed by atoms with Gasteiger partial charge in [0.1, 0.15) is 0 Å². The highest BCUT2D eigenvalue weighted by atomic mass is 19.4. The second kappa shape index (κ2) is 4.23. The Balaban J connectivity index is 2.98. The summed E-state index contributed by atoms with van der Waals surface area (Å²) in [6.45, 7) is 0. The number of primary amides is 2. The van der Waals surface area contributed by atoms with Crippen molar-refractivity contribution >= 4 is 11.8 Å². The molecular formula is C10H11F3N2O2. The van der Waals surface area contributed by atoms with Gasteiger partial charge in [-0.25, -0.2) is 0 Å². The van der Waals surface area contributed by atoms with Gasteiger partial charge in [0.05, 0.1) is 11.8 Å². The number of nitrogens with two attached hydrogens (primary N) is 2. The topological polar surface area (TPSA) is 86.2 Å². The van der Waals surface area contributed by atoms with Crippen molar-refractivity contribution in [2.45, 2.75) is 19.0 Å². The van der Waals surface area contributed by atoms with Crippen molar-refractivity contribution in [3.63, 3.8) is 0 Å². The zero-order chi connectivity index (χ0) is 13.3. The summed E-state index contributed by atoms with van der Waals surface area (Å²) in [5, 5.41) is 0. The smallest absolute Gasteiger partial charge is 0.369 e. The molecule has 4 N–H and O–H groups in total. The van der Waals surface area contributed by atoms with Gasteiger partial charge in [-0.2, -0.15) is 13.2 Å². The molecule has 0 saturated carbocycles. The molecule has 1 rings (SSSR count). The van der Waals surface area contributed by atoms with Crippen molar-refractivity contribution in [2.75, 3.05) is 0 Å². The molecule has 0 spiro atoms. The first-order chi connectivity index (χ1) is 7.66. The van der Waals surface area contributed by atoms with Crippen LogP contribution in [0.3, 0.4) is 0 Å². The van der Waals surface area contributed by atoms with E-state index in [4.69, 9.17) is 11.5 Å². The van der Waals surface area contributed by atoms with Crippen LogP contribution in [0.15, 0.2) is 23.8 Å². The van der Waals surface area contributed by atoms with Gasteiger partial charge in [0.25, 0.3) is 0 Å². The molecule has 2 amide bonds. The molecule has 94 valence electrons. The molecule has 1 aliphatic carbocycles. The summed E-state index contributed by atoms with van der Waals surface area (Å²) in [5.74, 6) is -1.84. The van der Waals surface area contributed by atoms with Crippen LogP contribution in [0.2, 0.25) is 0 Å². The molecule has 0 aromatic heterocycles. The molecule has 0 saturated heterocycles. The van der Waals surface area contributed by atoms with Crippen LogP contribution in [0.5, 0.6) is 0 Å². The van der Waals surface area contributed by atoms with Crippen LogP contribution in [0.1, 0.15) is 12.8 Å². The molecule has 0 heterocycles. The summed E-state index contributed by atoms with van der Waals surface area (Å²) in [5.41, 5.74) is 8.21. The average molecular weight is 248 g/mol. The third kappa shape index (κ3) is 3.08. The SMILES string of the molecule is NC(=O)C1=CCC(CC(F)(F)F)(C(N)=O)C=C1. The summed E-state index contributed by atoms with van der Waals surface area (Å²) in [4.78, 5) is 21.9. The van der Waals surface area contributed by atoms with Gasteiger partial charge in [-0.15, -0.1) is 0 Å². The normalized spacial score (nSPS) is 24.3. The van der Waals surface area contributed by atoms with Crippen LogP contribution in [0.25, 0.3) is 0 Å². The fourth-order valence-electron chi connectivity index (χ4n) is 1.62. The van der Waals surface area contributed by atoms with Crippen LogP contribution in [-0.2, 0) is 9.59 Å². The Morgan fingerprint density at radius 3 is 2.24 bits per heavy atom. The molecule has 0 radical (unpaired) electrons. The third-order valence-corrected chi connectivity index (χ3v) is 2.56. The molecule has 0 aliphatic heterocycles. The van der Waals surface area contributed by atoms with E-state index < -0.39 is 29.8 Å². The number of allylic oxidation sites excluding steroid dienone is 1. The Morgan fingerprint density at radius 2 is 1.94 bits per heavy atom. The van der Waals surface area contributed by atoms with Crippen molar-refractivity contribution < 1.29 is 22.8 Å². The third-order valence-electron chi connectivity index (χ3n) is 2.56. The van der Waals surface area contributed by atoms with Crippen molar-refractivity contribution in [3.05, 3.63) is 23.8 Å². The molecule has 1 atom stereocenters. The summed E-state index contributed by atoms with van der Waals surface area (Å²) in [6.07, 6.45) is -2.85. The van der Waals surface area contributed by atoms with Gasteiger partial charge in [0.15, 0.2) is 0 Å². The minimum absolute atomic E-state index is 0.0732. The number of hydrogen-bond donors (Lipinski definition) is 2. The van der Waals surface area contributed by atoms with E-state index >= 15 is 0 Å². The molecule has 7 heteroatoms. The average Bonchev–Trinajstić information content (AvgIpc) is 2.15. The number of hydrogen-bond acceptors (Lipinski definition) is 2. The molecular weight excluding hydrogens is 237 g/mol. The first kappa shape index (κ1) is 13.3. The van der Waals surface area contributed by atoms with Crippen molar-refractivity contribution in [1.82, 2.24) is 0 Å². The fourth-order valence-corrected chi connectivity index (χ4v) is 1.62. The molecule has 0 bridgehead atoms. The maximum Gasteiger partial charge on any atom is 0.390 e. The number of carbonyl (C=O) groups excluding carboxylic acids is 2. The molecule has 4 nitrogen and oxygen atoms in total. The minimum atomic E-state index is -4.52. The summed E-state index contributed by atoms with van der Waals surface area (Å²) in [6, 6.07) is 0. The molecule has 0 fully saturated rings. The van der Waals surface area contributed by atoms with Gasteiger partial charge >= 0.3 is 6.18 Å². The molecule has 1 aliphatic rings. The summed E-state index contributed by atoms with van der Waals surface area (Å²) < 4.78 is 37.0. The fraction of sp³-hybridized carbons (Fsp3) is 0.400. The van der Waals surface area contributed by atoms with Crippen LogP contribution < -0.4 is 11.5 Å².